The molecule has 0 radical (unpaired) electrons. The number of hydrogen-bond donors (Lipinski definition) is 2. The molecule has 1 fully saturated rings. The first-order valence-electron chi connectivity index (χ1n) is 5.39. The van der Waals surface area contributed by atoms with E-state index in [0.29, 0.717) is 11.5 Å². The Morgan fingerprint density at radius 3 is 2.67 bits per heavy atom. The van der Waals surface area contributed by atoms with Crippen LogP contribution in [0, 0.1) is 12.7 Å². The number of aryl methyl sites for hydroxylation is 1. The monoisotopic (exact) mass is 209 g/mol. The fourth-order valence-corrected chi connectivity index (χ4v) is 2.14. The largest absolute Gasteiger partial charge is 0.505 e. The van der Waals surface area contributed by atoms with Crippen LogP contribution in [0.5, 0.6) is 5.75 Å². The summed E-state index contributed by atoms with van der Waals surface area (Å²) in [5.41, 5.74) is 1.27. The normalized spacial score (nSPS) is 18.0. The van der Waals surface area contributed by atoms with Gasteiger partial charge in [-0.15, -0.1) is 0 Å². The summed E-state index contributed by atoms with van der Waals surface area (Å²) in [6.45, 7) is 3.56. The van der Waals surface area contributed by atoms with Crippen LogP contribution in [0.2, 0.25) is 0 Å². The van der Waals surface area contributed by atoms with E-state index in [4.69, 9.17) is 0 Å². The van der Waals surface area contributed by atoms with Crippen LogP contribution in [0.25, 0.3) is 0 Å². The highest BCUT2D eigenvalue weighted by Gasteiger charge is 2.20. The lowest BCUT2D eigenvalue weighted by atomic mass is 9.89. The molecule has 2 N–H and O–H groups in total. The Labute approximate surface area is 89.1 Å². The number of piperidine rings is 1. The molecule has 0 atom stereocenters. The van der Waals surface area contributed by atoms with Gasteiger partial charge in [0.25, 0.3) is 0 Å². The number of aromatic hydroxyl groups is 1. The van der Waals surface area contributed by atoms with Crippen LogP contribution in [-0.2, 0) is 0 Å². The van der Waals surface area contributed by atoms with Gasteiger partial charge in [0.2, 0.25) is 0 Å². The van der Waals surface area contributed by atoms with Crippen molar-refractivity contribution in [2.24, 2.45) is 0 Å². The number of phenolic OH excluding ortho intramolecular Hbond substituents is 1. The van der Waals surface area contributed by atoms with E-state index in [9.17, 15) is 9.50 Å². The molecule has 1 aromatic rings. The number of rotatable bonds is 1. The van der Waals surface area contributed by atoms with Gasteiger partial charge in [-0.2, -0.15) is 0 Å². The molecule has 0 bridgehead atoms. The lowest BCUT2D eigenvalue weighted by Gasteiger charge is -2.24. The summed E-state index contributed by atoms with van der Waals surface area (Å²) in [6.07, 6.45) is 1.94. The molecule has 82 valence electrons. The molecule has 0 saturated carbocycles. The average molecular weight is 209 g/mol. The first-order chi connectivity index (χ1) is 7.20. The van der Waals surface area contributed by atoms with Gasteiger partial charge < -0.3 is 10.4 Å². The molecule has 0 aromatic heterocycles. The van der Waals surface area contributed by atoms with Crippen molar-refractivity contribution in [3.8, 4) is 5.75 Å². The van der Waals surface area contributed by atoms with E-state index in [1.165, 1.54) is 0 Å². The van der Waals surface area contributed by atoms with Crippen molar-refractivity contribution >= 4 is 0 Å². The molecule has 1 aliphatic rings. The van der Waals surface area contributed by atoms with Crippen LogP contribution in [0.3, 0.4) is 0 Å². The highest BCUT2D eigenvalue weighted by atomic mass is 19.1. The van der Waals surface area contributed by atoms with Crippen molar-refractivity contribution in [3.63, 3.8) is 0 Å². The van der Waals surface area contributed by atoms with Gasteiger partial charge in [-0.1, -0.05) is 12.1 Å². The minimum Gasteiger partial charge on any atom is -0.505 e. The molecular formula is C12H16FNO. The van der Waals surface area contributed by atoms with Crippen molar-refractivity contribution in [1.82, 2.24) is 5.32 Å². The first-order valence-corrected chi connectivity index (χ1v) is 5.39. The summed E-state index contributed by atoms with van der Waals surface area (Å²) in [5.74, 6) is -0.325. The summed E-state index contributed by atoms with van der Waals surface area (Å²) in [4.78, 5) is 0. The third-order valence-electron chi connectivity index (χ3n) is 3.12. The maximum atomic E-state index is 13.5. The minimum atomic E-state index is -0.467. The number of halogens is 1. The fraction of sp³-hybridized carbons (Fsp3) is 0.500. The lowest BCUT2D eigenvalue weighted by Crippen LogP contribution is -2.26. The van der Waals surface area contributed by atoms with E-state index < -0.39 is 5.82 Å². The van der Waals surface area contributed by atoms with Crippen LogP contribution in [-0.4, -0.2) is 18.2 Å². The van der Waals surface area contributed by atoms with E-state index in [0.717, 1.165) is 31.5 Å². The molecule has 2 rings (SSSR count). The molecule has 15 heavy (non-hydrogen) atoms. The predicted molar refractivity (Wildman–Crippen MR) is 57.6 cm³/mol. The van der Waals surface area contributed by atoms with Gasteiger partial charge in [0.1, 0.15) is 0 Å². The Balaban J connectivity index is 2.31. The lowest BCUT2D eigenvalue weighted by molar-refractivity contribution is 0.399. The van der Waals surface area contributed by atoms with Gasteiger partial charge in [0.05, 0.1) is 0 Å². The molecule has 2 nitrogen and oxygen atoms in total. The molecule has 1 aromatic carbocycles. The molecule has 1 saturated heterocycles. The zero-order valence-electron chi connectivity index (χ0n) is 8.89. The van der Waals surface area contributed by atoms with Crippen molar-refractivity contribution in [3.05, 3.63) is 29.1 Å². The van der Waals surface area contributed by atoms with Crippen molar-refractivity contribution < 1.29 is 9.50 Å². The van der Waals surface area contributed by atoms with Crippen LogP contribution in [0.4, 0.5) is 4.39 Å². The molecule has 1 aliphatic heterocycles. The predicted octanol–water partition coefficient (Wildman–Crippen LogP) is 2.31. The van der Waals surface area contributed by atoms with Crippen LogP contribution < -0.4 is 5.32 Å². The Hall–Kier alpha value is -1.09. The summed E-state index contributed by atoms with van der Waals surface area (Å²) in [5, 5.41) is 13.0. The van der Waals surface area contributed by atoms with Crippen molar-refractivity contribution in [2.45, 2.75) is 25.7 Å². The summed E-state index contributed by atoms with van der Waals surface area (Å²) in [7, 11) is 0. The van der Waals surface area contributed by atoms with Crippen LogP contribution in [0.15, 0.2) is 12.1 Å². The average Bonchev–Trinajstić information content (AvgIpc) is 2.27. The Morgan fingerprint density at radius 2 is 2.00 bits per heavy atom. The summed E-state index contributed by atoms with van der Waals surface area (Å²) >= 11 is 0. The zero-order chi connectivity index (χ0) is 10.8. The van der Waals surface area contributed by atoms with Gasteiger partial charge in [-0.3, -0.25) is 0 Å². The third-order valence-corrected chi connectivity index (χ3v) is 3.12. The second-order valence-electron chi connectivity index (χ2n) is 4.16. The summed E-state index contributed by atoms with van der Waals surface area (Å²) in [6, 6.07) is 3.59. The van der Waals surface area contributed by atoms with Gasteiger partial charge in [-0.05, 0) is 44.3 Å². The smallest absolute Gasteiger partial charge is 0.167 e. The van der Waals surface area contributed by atoms with Crippen LogP contribution in [0.1, 0.15) is 29.9 Å². The molecule has 0 aliphatic carbocycles. The molecule has 1 heterocycles. The number of phenols is 1. The zero-order valence-corrected chi connectivity index (χ0v) is 8.89. The summed E-state index contributed by atoms with van der Waals surface area (Å²) < 4.78 is 13.5. The first kappa shape index (κ1) is 10.4. The van der Waals surface area contributed by atoms with E-state index >= 15 is 0 Å². The van der Waals surface area contributed by atoms with E-state index in [-0.39, 0.29) is 5.75 Å². The van der Waals surface area contributed by atoms with Crippen molar-refractivity contribution in [1.29, 1.82) is 0 Å². The molecule has 0 amide bonds. The SMILES string of the molecule is Cc1ccc(C2CCNCC2)c(O)c1F. The topological polar surface area (TPSA) is 32.3 Å². The second-order valence-corrected chi connectivity index (χ2v) is 4.16. The Morgan fingerprint density at radius 1 is 1.33 bits per heavy atom. The van der Waals surface area contributed by atoms with Gasteiger partial charge in [-0.25, -0.2) is 4.39 Å². The quantitative estimate of drug-likeness (QED) is 0.744. The standard InChI is InChI=1S/C12H16FNO/c1-8-2-3-10(12(15)11(8)13)9-4-6-14-7-5-9/h2-3,9,14-15H,4-7H2,1H3. The second kappa shape index (κ2) is 4.19. The van der Waals surface area contributed by atoms with E-state index in [2.05, 4.69) is 5.32 Å². The van der Waals surface area contributed by atoms with E-state index in [1.807, 2.05) is 6.07 Å². The number of nitrogens with one attached hydrogen (secondary N) is 1. The maximum absolute atomic E-state index is 13.5. The molecule has 0 unspecified atom stereocenters. The fourth-order valence-electron chi connectivity index (χ4n) is 2.14. The highest BCUT2D eigenvalue weighted by molar-refractivity contribution is 5.40. The van der Waals surface area contributed by atoms with Crippen molar-refractivity contribution in [2.75, 3.05) is 13.1 Å². The van der Waals surface area contributed by atoms with Gasteiger partial charge in [0, 0.05) is 5.56 Å². The third kappa shape index (κ3) is 1.97. The number of benzene rings is 1. The number of hydrogen-bond acceptors (Lipinski definition) is 2. The molecular weight excluding hydrogens is 193 g/mol. The molecule has 0 spiro atoms. The Bertz CT molecular complexity index is 359. The van der Waals surface area contributed by atoms with Gasteiger partial charge >= 0.3 is 0 Å². The van der Waals surface area contributed by atoms with Crippen LogP contribution >= 0.6 is 0 Å². The molecule has 3 heteroatoms. The minimum absolute atomic E-state index is 0.151. The van der Waals surface area contributed by atoms with E-state index in [1.54, 1.807) is 13.0 Å². The Kier molecular flexibility index (Phi) is 2.91. The maximum Gasteiger partial charge on any atom is 0.167 e. The highest BCUT2D eigenvalue weighted by Crippen LogP contribution is 2.34. The van der Waals surface area contributed by atoms with Gasteiger partial charge in [0.15, 0.2) is 11.6 Å².